The molecule has 0 bridgehead atoms. The largest absolute Gasteiger partial charge is 0.381 e. The van der Waals surface area contributed by atoms with Crippen LogP contribution in [0.5, 0.6) is 0 Å². The lowest BCUT2D eigenvalue weighted by molar-refractivity contribution is -0.0199. The summed E-state index contributed by atoms with van der Waals surface area (Å²) >= 11 is 0. The van der Waals surface area contributed by atoms with Gasteiger partial charge in [-0.15, -0.1) is 0 Å². The minimum Gasteiger partial charge on any atom is -0.381 e. The van der Waals surface area contributed by atoms with Gasteiger partial charge in [0.05, 0.1) is 6.10 Å². The molecule has 4 unspecified atom stereocenters. The van der Waals surface area contributed by atoms with Gasteiger partial charge in [-0.25, -0.2) is 0 Å². The second-order valence-corrected chi connectivity index (χ2v) is 12.1. The van der Waals surface area contributed by atoms with Gasteiger partial charge >= 0.3 is 0 Å². The lowest BCUT2D eigenvalue weighted by atomic mass is 9.68. The zero-order valence-corrected chi connectivity index (χ0v) is 19.5. The molecule has 4 atom stereocenters. The Morgan fingerprint density at radius 1 is 0.714 bits per heavy atom. The maximum absolute atomic E-state index is 6.39. The van der Waals surface area contributed by atoms with E-state index >= 15 is 0 Å². The molecule has 0 spiro atoms. The topological polar surface area (TPSA) is 27.7 Å². The molecule has 0 aromatic carbocycles. The first kappa shape index (κ1) is 22.6. The highest BCUT2D eigenvalue weighted by Gasteiger charge is 2.42. The molecule has 3 rings (SSSR count). The zero-order valence-electron chi connectivity index (χ0n) is 19.5. The molecule has 0 aliphatic carbocycles. The van der Waals surface area contributed by atoms with Gasteiger partial charge in [-0.1, -0.05) is 41.5 Å². The smallest absolute Gasteiger partial charge is 0.0629 e. The van der Waals surface area contributed by atoms with Crippen LogP contribution in [0.25, 0.3) is 0 Å². The van der Waals surface area contributed by atoms with Crippen molar-refractivity contribution in [3.05, 3.63) is 0 Å². The average molecular weight is 395 g/mol. The van der Waals surface area contributed by atoms with Crippen molar-refractivity contribution in [2.24, 2.45) is 34.0 Å². The highest BCUT2D eigenvalue weighted by atomic mass is 16.5. The molecule has 3 aliphatic heterocycles. The highest BCUT2D eigenvalue weighted by molar-refractivity contribution is 4.91. The fraction of sp³-hybridized carbons (Fsp3) is 1.00. The molecule has 3 aliphatic rings. The summed E-state index contributed by atoms with van der Waals surface area (Å²) in [5.41, 5.74) is 0.981. The van der Waals surface area contributed by atoms with E-state index in [0.717, 1.165) is 39.0 Å². The normalized spacial score (nSPS) is 32.8. The van der Waals surface area contributed by atoms with Crippen LogP contribution in [0.3, 0.4) is 0 Å². The molecule has 0 radical (unpaired) electrons. The van der Waals surface area contributed by atoms with Gasteiger partial charge in [0.1, 0.15) is 0 Å². The van der Waals surface area contributed by atoms with E-state index in [1.807, 2.05) is 0 Å². The van der Waals surface area contributed by atoms with E-state index in [9.17, 15) is 0 Å². The number of rotatable bonds is 8. The lowest BCUT2D eigenvalue weighted by Gasteiger charge is -2.40. The Hall–Kier alpha value is -0.120. The Bertz CT molecular complexity index is 484. The minimum atomic E-state index is 0.252. The van der Waals surface area contributed by atoms with Crippen LogP contribution < -0.4 is 0 Å². The zero-order chi connectivity index (χ0) is 20.4. The predicted octanol–water partition coefficient (Wildman–Crippen LogP) is 6.10. The molecule has 28 heavy (non-hydrogen) atoms. The van der Waals surface area contributed by atoms with E-state index in [4.69, 9.17) is 14.2 Å². The summed E-state index contributed by atoms with van der Waals surface area (Å²) in [6.45, 7) is 19.4. The second kappa shape index (κ2) is 8.94. The lowest BCUT2D eigenvalue weighted by Crippen LogP contribution is -2.35. The molecule has 0 saturated carbocycles. The molecule has 0 aromatic heterocycles. The summed E-state index contributed by atoms with van der Waals surface area (Å²) in [5.74, 6) is 2.14. The van der Waals surface area contributed by atoms with Gasteiger partial charge in [-0.05, 0) is 78.9 Å². The van der Waals surface area contributed by atoms with Gasteiger partial charge in [-0.3, -0.25) is 0 Å². The molecule has 3 saturated heterocycles. The first-order valence-electron chi connectivity index (χ1n) is 11.9. The van der Waals surface area contributed by atoms with Gasteiger partial charge in [-0.2, -0.15) is 0 Å². The van der Waals surface area contributed by atoms with Crippen molar-refractivity contribution in [1.82, 2.24) is 0 Å². The third-order valence-corrected chi connectivity index (χ3v) is 8.48. The van der Waals surface area contributed by atoms with E-state index in [1.54, 1.807) is 0 Å². The van der Waals surface area contributed by atoms with Crippen molar-refractivity contribution in [3.63, 3.8) is 0 Å². The third-order valence-electron chi connectivity index (χ3n) is 8.48. The summed E-state index contributed by atoms with van der Waals surface area (Å²) < 4.78 is 17.8. The molecular weight excluding hydrogens is 348 g/mol. The van der Waals surface area contributed by atoms with Crippen molar-refractivity contribution in [2.45, 2.75) is 92.6 Å². The summed E-state index contributed by atoms with van der Waals surface area (Å²) in [6, 6.07) is 0. The molecule has 0 aromatic rings. The molecule has 3 heteroatoms. The first-order valence-corrected chi connectivity index (χ1v) is 11.9. The van der Waals surface area contributed by atoms with Gasteiger partial charge in [0, 0.05) is 33.0 Å². The number of hydrogen-bond acceptors (Lipinski definition) is 3. The highest BCUT2D eigenvalue weighted by Crippen LogP contribution is 2.46. The standard InChI is InChI=1S/C25H46O3/c1-23(2,20-8-7-12-26-17-20)10-11-24(3,4)22-14-19(16-28-22)15-25(5,6)21-9-13-27-18-21/h19-22H,7-18H2,1-6H3. The monoisotopic (exact) mass is 394 g/mol. The summed E-state index contributed by atoms with van der Waals surface area (Å²) in [7, 11) is 0. The third kappa shape index (κ3) is 5.52. The number of ether oxygens (including phenoxy) is 3. The fourth-order valence-electron chi connectivity index (χ4n) is 5.81. The summed E-state index contributed by atoms with van der Waals surface area (Å²) in [4.78, 5) is 0. The Balaban J connectivity index is 1.49. The van der Waals surface area contributed by atoms with Crippen LogP contribution in [0.4, 0.5) is 0 Å². The first-order chi connectivity index (χ1) is 13.1. The quantitative estimate of drug-likeness (QED) is 0.497. The minimum absolute atomic E-state index is 0.252. The van der Waals surface area contributed by atoms with E-state index in [0.29, 0.717) is 28.8 Å². The van der Waals surface area contributed by atoms with Crippen LogP contribution in [-0.2, 0) is 14.2 Å². The Kier molecular flexibility index (Phi) is 7.20. The fourth-order valence-corrected chi connectivity index (χ4v) is 5.81. The number of hydrogen-bond donors (Lipinski definition) is 0. The van der Waals surface area contributed by atoms with Gasteiger partial charge in [0.2, 0.25) is 0 Å². The molecule has 3 heterocycles. The Labute approximate surface area is 174 Å². The molecular formula is C25H46O3. The van der Waals surface area contributed by atoms with Crippen LogP contribution in [-0.4, -0.2) is 39.1 Å². The van der Waals surface area contributed by atoms with Crippen molar-refractivity contribution >= 4 is 0 Å². The van der Waals surface area contributed by atoms with Gasteiger partial charge in [0.25, 0.3) is 0 Å². The molecule has 0 N–H and O–H groups in total. The Morgan fingerprint density at radius 3 is 2.00 bits per heavy atom. The van der Waals surface area contributed by atoms with E-state index in [-0.39, 0.29) is 5.41 Å². The predicted molar refractivity (Wildman–Crippen MR) is 116 cm³/mol. The van der Waals surface area contributed by atoms with Crippen LogP contribution in [0.2, 0.25) is 0 Å². The van der Waals surface area contributed by atoms with Crippen LogP contribution in [0.15, 0.2) is 0 Å². The van der Waals surface area contributed by atoms with Gasteiger partial charge in [0.15, 0.2) is 0 Å². The van der Waals surface area contributed by atoms with Crippen molar-refractivity contribution in [1.29, 1.82) is 0 Å². The summed E-state index contributed by atoms with van der Waals surface area (Å²) in [5, 5.41) is 0. The van der Waals surface area contributed by atoms with Gasteiger partial charge < -0.3 is 14.2 Å². The SMILES string of the molecule is CC(C)(CCC(C)(C)C1CC(CC(C)(C)C2CCOC2)CO1)C1CCCOC1. The van der Waals surface area contributed by atoms with Crippen molar-refractivity contribution in [3.8, 4) is 0 Å². The van der Waals surface area contributed by atoms with Crippen LogP contribution in [0.1, 0.15) is 86.5 Å². The maximum Gasteiger partial charge on any atom is 0.0629 e. The van der Waals surface area contributed by atoms with Crippen molar-refractivity contribution in [2.75, 3.05) is 33.0 Å². The van der Waals surface area contributed by atoms with Crippen LogP contribution in [0, 0.1) is 34.0 Å². The Morgan fingerprint density at radius 2 is 1.36 bits per heavy atom. The van der Waals surface area contributed by atoms with E-state index in [2.05, 4.69) is 41.5 Å². The molecule has 3 nitrogen and oxygen atoms in total. The second-order valence-electron chi connectivity index (χ2n) is 12.1. The molecule has 164 valence electrons. The molecule has 0 amide bonds. The van der Waals surface area contributed by atoms with Crippen LogP contribution >= 0.6 is 0 Å². The maximum atomic E-state index is 6.39. The molecule has 3 fully saturated rings. The van der Waals surface area contributed by atoms with E-state index in [1.165, 1.54) is 44.9 Å². The average Bonchev–Trinajstić information content (AvgIpc) is 3.33. The van der Waals surface area contributed by atoms with Crippen molar-refractivity contribution < 1.29 is 14.2 Å². The van der Waals surface area contributed by atoms with E-state index < -0.39 is 0 Å². The summed E-state index contributed by atoms with van der Waals surface area (Å²) in [6.07, 6.45) is 9.22.